The molecular formula is C12H18N8O. The molecule has 1 saturated heterocycles. The summed E-state index contributed by atoms with van der Waals surface area (Å²) in [6.07, 6.45) is 4.35. The second-order valence-electron chi connectivity index (χ2n) is 4.57. The Bertz CT molecular complexity index is 607. The highest BCUT2D eigenvalue weighted by Gasteiger charge is 2.17. The van der Waals surface area contributed by atoms with Gasteiger partial charge in [0, 0.05) is 31.9 Å². The van der Waals surface area contributed by atoms with Crippen molar-refractivity contribution in [3.8, 4) is 5.95 Å². The Labute approximate surface area is 122 Å². The zero-order valence-electron chi connectivity index (χ0n) is 11.9. The van der Waals surface area contributed by atoms with E-state index >= 15 is 0 Å². The maximum atomic E-state index is 5.47. The summed E-state index contributed by atoms with van der Waals surface area (Å²) in [5.74, 6) is 7.79. The topological polar surface area (TPSA) is 107 Å². The molecule has 0 bridgehead atoms. The van der Waals surface area contributed by atoms with E-state index in [4.69, 9.17) is 10.6 Å². The Morgan fingerprint density at radius 2 is 2.00 bits per heavy atom. The molecule has 3 rings (SSSR count). The van der Waals surface area contributed by atoms with Gasteiger partial charge in [-0.15, -0.1) is 0 Å². The Morgan fingerprint density at radius 3 is 2.71 bits per heavy atom. The van der Waals surface area contributed by atoms with Crippen LogP contribution in [0.4, 0.5) is 11.9 Å². The minimum Gasteiger partial charge on any atom is -0.378 e. The van der Waals surface area contributed by atoms with Gasteiger partial charge in [-0.1, -0.05) is 6.92 Å². The highest BCUT2D eigenvalue weighted by atomic mass is 16.5. The number of hydrazine groups is 1. The van der Waals surface area contributed by atoms with Crippen molar-refractivity contribution in [1.29, 1.82) is 0 Å². The molecule has 0 spiro atoms. The maximum absolute atomic E-state index is 5.47. The van der Waals surface area contributed by atoms with E-state index in [2.05, 4.69) is 30.3 Å². The highest BCUT2D eigenvalue weighted by molar-refractivity contribution is 5.40. The van der Waals surface area contributed by atoms with Crippen molar-refractivity contribution in [3.63, 3.8) is 0 Å². The first-order valence-electron chi connectivity index (χ1n) is 6.89. The van der Waals surface area contributed by atoms with Crippen molar-refractivity contribution in [2.75, 3.05) is 36.6 Å². The van der Waals surface area contributed by atoms with Crippen LogP contribution in [-0.2, 0) is 11.2 Å². The van der Waals surface area contributed by atoms with Crippen molar-refractivity contribution in [2.45, 2.75) is 13.3 Å². The van der Waals surface area contributed by atoms with Gasteiger partial charge in [-0.05, 0) is 0 Å². The monoisotopic (exact) mass is 290 g/mol. The number of nitrogens with zero attached hydrogens (tertiary/aromatic N) is 6. The fourth-order valence-corrected chi connectivity index (χ4v) is 2.21. The first kappa shape index (κ1) is 13.7. The SMILES string of the molecule is CCc1nccn1-c1nc(NN)nc(N2CCOCC2)n1. The third kappa shape index (κ3) is 2.78. The van der Waals surface area contributed by atoms with E-state index in [1.807, 2.05) is 17.7 Å². The van der Waals surface area contributed by atoms with Crippen molar-refractivity contribution in [2.24, 2.45) is 5.84 Å². The average Bonchev–Trinajstić information content (AvgIpc) is 3.04. The van der Waals surface area contributed by atoms with E-state index in [-0.39, 0.29) is 0 Å². The third-order valence-electron chi connectivity index (χ3n) is 3.28. The summed E-state index contributed by atoms with van der Waals surface area (Å²) in [6.45, 7) is 4.86. The molecule has 9 heteroatoms. The number of morpholine rings is 1. The molecule has 0 saturated carbocycles. The van der Waals surface area contributed by atoms with Crippen LogP contribution in [0, 0.1) is 0 Å². The Hall–Kier alpha value is -2.26. The van der Waals surface area contributed by atoms with E-state index in [0.717, 1.165) is 25.3 Å². The second kappa shape index (κ2) is 6.02. The van der Waals surface area contributed by atoms with Gasteiger partial charge >= 0.3 is 0 Å². The number of hydrogen-bond donors (Lipinski definition) is 2. The largest absolute Gasteiger partial charge is 0.378 e. The average molecular weight is 290 g/mol. The number of rotatable bonds is 4. The van der Waals surface area contributed by atoms with Crippen LogP contribution >= 0.6 is 0 Å². The molecule has 0 unspecified atom stereocenters. The fraction of sp³-hybridized carbons (Fsp3) is 0.500. The first-order chi connectivity index (χ1) is 10.3. The summed E-state index contributed by atoms with van der Waals surface area (Å²) in [5.41, 5.74) is 2.49. The van der Waals surface area contributed by atoms with E-state index in [9.17, 15) is 0 Å². The molecule has 0 aliphatic carbocycles. The van der Waals surface area contributed by atoms with E-state index < -0.39 is 0 Å². The summed E-state index contributed by atoms with van der Waals surface area (Å²) in [5, 5.41) is 0. The normalized spacial score (nSPS) is 15.2. The number of nitrogens with two attached hydrogens (primary N) is 1. The van der Waals surface area contributed by atoms with Crippen molar-refractivity contribution < 1.29 is 4.74 Å². The quantitative estimate of drug-likeness (QED) is 0.586. The van der Waals surface area contributed by atoms with Crippen LogP contribution < -0.4 is 16.2 Å². The van der Waals surface area contributed by atoms with Gasteiger partial charge in [-0.3, -0.25) is 9.99 Å². The summed E-state index contributed by atoms with van der Waals surface area (Å²) in [7, 11) is 0. The van der Waals surface area contributed by atoms with E-state index in [0.29, 0.717) is 31.1 Å². The third-order valence-corrected chi connectivity index (χ3v) is 3.28. The molecule has 3 N–H and O–H groups in total. The number of nitrogens with one attached hydrogen (secondary N) is 1. The van der Waals surface area contributed by atoms with Crippen LogP contribution in [0.2, 0.25) is 0 Å². The van der Waals surface area contributed by atoms with Crippen LogP contribution in [-0.4, -0.2) is 50.8 Å². The van der Waals surface area contributed by atoms with Gasteiger partial charge in [-0.2, -0.15) is 15.0 Å². The van der Waals surface area contributed by atoms with Gasteiger partial charge in [-0.25, -0.2) is 10.8 Å². The van der Waals surface area contributed by atoms with Gasteiger partial charge in [0.1, 0.15) is 5.82 Å². The minimum absolute atomic E-state index is 0.331. The molecule has 9 nitrogen and oxygen atoms in total. The van der Waals surface area contributed by atoms with Crippen molar-refractivity contribution in [1.82, 2.24) is 24.5 Å². The smallest absolute Gasteiger partial charge is 0.243 e. The number of anilines is 2. The number of hydrogen-bond acceptors (Lipinski definition) is 8. The van der Waals surface area contributed by atoms with Crippen LogP contribution in [0.5, 0.6) is 0 Å². The molecule has 1 fully saturated rings. The Morgan fingerprint density at radius 1 is 1.24 bits per heavy atom. The predicted molar refractivity (Wildman–Crippen MR) is 77.2 cm³/mol. The molecule has 0 aromatic carbocycles. The molecule has 0 atom stereocenters. The fourth-order valence-electron chi connectivity index (χ4n) is 2.21. The number of ether oxygens (including phenoxy) is 1. The first-order valence-corrected chi connectivity index (χ1v) is 6.89. The Balaban J connectivity index is 2.00. The lowest BCUT2D eigenvalue weighted by atomic mass is 10.4. The van der Waals surface area contributed by atoms with Gasteiger partial charge in [0.15, 0.2) is 0 Å². The van der Waals surface area contributed by atoms with Gasteiger partial charge in [0.25, 0.3) is 0 Å². The molecule has 2 aromatic rings. The second-order valence-corrected chi connectivity index (χ2v) is 4.57. The van der Waals surface area contributed by atoms with Gasteiger partial charge < -0.3 is 9.64 Å². The van der Waals surface area contributed by atoms with Gasteiger partial charge in [0.05, 0.1) is 13.2 Å². The molecule has 0 radical (unpaired) electrons. The zero-order valence-corrected chi connectivity index (χ0v) is 11.9. The molecule has 1 aliphatic heterocycles. The summed E-state index contributed by atoms with van der Waals surface area (Å²) in [6, 6.07) is 0. The molecular weight excluding hydrogens is 272 g/mol. The van der Waals surface area contributed by atoms with E-state index in [1.165, 1.54) is 0 Å². The highest BCUT2D eigenvalue weighted by Crippen LogP contribution is 2.15. The van der Waals surface area contributed by atoms with Crippen LogP contribution in [0.15, 0.2) is 12.4 Å². The number of nitrogen functional groups attached to an aromatic ring is 1. The summed E-state index contributed by atoms with van der Waals surface area (Å²) < 4.78 is 7.19. The van der Waals surface area contributed by atoms with Crippen LogP contribution in [0.3, 0.4) is 0 Å². The Kier molecular flexibility index (Phi) is 3.93. The molecule has 3 heterocycles. The number of imidazole rings is 1. The molecule has 21 heavy (non-hydrogen) atoms. The zero-order chi connectivity index (χ0) is 14.7. The standard InChI is InChI=1S/C12H18N8O/c1-2-9-14-3-4-20(9)12-16-10(18-13)15-11(17-12)19-5-7-21-8-6-19/h3-4H,2,5-8,13H2,1H3,(H,15,16,17,18). The maximum Gasteiger partial charge on any atom is 0.243 e. The van der Waals surface area contributed by atoms with Crippen molar-refractivity contribution in [3.05, 3.63) is 18.2 Å². The van der Waals surface area contributed by atoms with Crippen LogP contribution in [0.1, 0.15) is 12.7 Å². The molecule has 0 amide bonds. The lowest BCUT2D eigenvalue weighted by Gasteiger charge is -2.27. The molecule has 112 valence electrons. The molecule has 2 aromatic heterocycles. The molecule has 1 aliphatic rings. The van der Waals surface area contributed by atoms with Gasteiger partial charge in [0.2, 0.25) is 17.8 Å². The predicted octanol–water partition coefficient (Wildman–Crippen LogP) is -0.258. The summed E-state index contributed by atoms with van der Waals surface area (Å²) >= 11 is 0. The number of aromatic nitrogens is 5. The van der Waals surface area contributed by atoms with Crippen LogP contribution in [0.25, 0.3) is 5.95 Å². The lowest BCUT2D eigenvalue weighted by molar-refractivity contribution is 0.122. The van der Waals surface area contributed by atoms with Crippen molar-refractivity contribution >= 4 is 11.9 Å². The number of aryl methyl sites for hydroxylation is 1. The lowest BCUT2D eigenvalue weighted by Crippen LogP contribution is -2.37. The van der Waals surface area contributed by atoms with E-state index in [1.54, 1.807) is 6.20 Å². The summed E-state index contributed by atoms with van der Waals surface area (Å²) in [4.78, 5) is 19.5. The minimum atomic E-state index is 0.331.